The van der Waals surface area contributed by atoms with Gasteiger partial charge in [-0.15, -0.1) is 0 Å². The standard InChI is InChI=1S/C17H27N5O5S/c1-2-27-17(23)21-6-8-22(9-7-21)28(24,25)19-14-15-4-3-5-18-16(15)20-10-12-26-13-11-20/h3-5,19H,2,6-14H2,1H3. The van der Waals surface area contributed by atoms with Gasteiger partial charge in [-0.25, -0.2) is 9.78 Å². The highest BCUT2D eigenvalue weighted by Gasteiger charge is 2.29. The summed E-state index contributed by atoms with van der Waals surface area (Å²) in [5.74, 6) is 0.778. The van der Waals surface area contributed by atoms with Crippen molar-refractivity contribution in [2.24, 2.45) is 0 Å². The van der Waals surface area contributed by atoms with Crippen molar-refractivity contribution in [2.75, 3.05) is 64.0 Å². The first-order chi connectivity index (χ1) is 13.5. The van der Waals surface area contributed by atoms with Crippen LogP contribution in [-0.4, -0.2) is 87.8 Å². The fraction of sp³-hybridized carbons (Fsp3) is 0.647. The molecule has 0 unspecified atom stereocenters. The van der Waals surface area contributed by atoms with Crippen LogP contribution < -0.4 is 9.62 Å². The van der Waals surface area contributed by atoms with Crippen LogP contribution in [0.1, 0.15) is 12.5 Å². The average Bonchev–Trinajstić information content (AvgIpc) is 2.73. The van der Waals surface area contributed by atoms with E-state index in [0.29, 0.717) is 32.9 Å². The second kappa shape index (κ2) is 9.50. The summed E-state index contributed by atoms with van der Waals surface area (Å²) in [5.41, 5.74) is 0.818. The van der Waals surface area contributed by atoms with Gasteiger partial charge in [0.1, 0.15) is 5.82 Å². The number of morpholine rings is 1. The average molecular weight is 414 g/mol. The molecule has 2 saturated heterocycles. The van der Waals surface area contributed by atoms with E-state index in [1.54, 1.807) is 19.2 Å². The van der Waals surface area contributed by atoms with E-state index < -0.39 is 16.3 Å². The smallest absolute Gasteiger partial charge is 0.409 e. The first kappa shape index (κ1) is 20.8. The summed E-state index contributed by atoms with van der Waals surface area (Å²) >= 11 is 0. The fourth-order valence-corrected chi connectivity index (χ4v) is 4.38. The molecule has 1 aromatic rings. The maximum Gasteiger partial charge on any atom is 0.409 e. The van der Waals surface area contributed by atoms with Crippen molar-refractivity contribution in [2.45, 2.75) is 13.5 Å². The van der Waals surface area contributed by atoms with Crippen LogP contribution in [0, 0.1) is 0 Å². The molecule has 0 atom stereocenters. The first-order valence-corrected chi connectivity index (χ1v) is 10.9. The molecule has 1 aromatic heterocycles. The number of nitrogens with one attached hydrogen (secondary N) is 1. The van der Waals surface area contributed by atoms with Crippen molar-refractivity contribution in [3.63, 3.8) is 0 Å². The molecule has 156 valence electrons. The van der Waals surface area contributed by atoms with Crippen LogP contribution in [-0.2, 0) is 26.2 Å². The Morgan fingerprint density at radius 2 is 1.93 bits per heavy atom. The van der Waals surface area contributed by atoms with Crippen molar-refractivity contribution in [3.05, 3.63) is 23.9 Å². The summed E-state index contributed by atoms with van der Waals surface area (Å²) in [5, 5.41) is 0. The number of anilines is 1. The van der Waals surface area contributed by atoms with Gasteiger partial charge in [0.25, 0.3) is 10.2 Å². The molecule has 1 amide bonds. The zero-order valence-corrected chi connectivity index (χ0v) is 16.9. The summed E-state index contributed by atoms with van der Waals surface area (Å²) in [7, 11) is -3.66. The highest BCUT2D eigenvalue weighted by atomic mass is 32.2. The minimum absolute atomic E-state index is 0.154. The Bertz CT molecular complexity index is 761. The van der Waals surface area contributed by atoms with Crippen LogP contribution in [0.25, 0.3) is 0 Å². The number of carbonyl (C=O) groups is 1. The Labute approximate surface area is 165 Å². The van der Waals surface area contributed by atoms with Gasteiger partial charge in [-0.3, -0.25) is 0 Å². The van der Waals surface area contributed by atoms with E-state index in [-0.39, 0.29) is 19.6 Å². The molecule has 11 heteroatoms. The van der Waals surface area contributed by atoms with Gasteiger partial charge in [0.2, 0.25) is 0 Å². The molecule has 0 bridgehead atoms. The monoisotopic (exact) mass is 413 g/mol. The van der Waals surface area contributed by atoms with E-state index in [9.17, 15) is 13.2 Å². The molecule has 0 radical (unpaired) electrons. The number of aromatic nitrogens is 1. The number of nitrogens with zero attached hydrogens (tertiary/aromatic N) is 4. The molecular weight excluding hydrogens is 386 g/mol. The highest BCUT2D eigenvalue weighted by molar-refractivity contribution is 7.87. The van der Waals surface area contributed by atoms with Crippen LogP contribution in [0.15, 0.2) is 18.3 Å². The van der Waals surface area contributed by atoms with E-state index in [2.05, 4.69) is 14.6 Å². The Hall–Kier alpha value is -1.95. The lowest BCUT2D eigenvalue weighted by Crippen LogP contribution is -2.53. The molecule has 2 aliphatic rings. The van der Waals surface area contributed by atoms with Gasteiger partial charge < -0.3 is 19.3 Å². The van der Waals surface area contributed by atoms with Crippen LogP contribution in [0.4, 0.5) is 10.6 Å². The maximum absolute atomic E-state index is 12.7. The predicted molar refractivity (Wildman–Crippen MR) is 103 cm³/mol. The predicted octanol–water partition coefficient (Wildman–Crippen LogP) is 0.0267. The van der Waals surface area contributed by atoms with Gasteiger partial charge in [0, 0.05) is 57.6 Å². The number of ether oxygens (including phenoxy) is 2. The number of rotatable bonds is 6. The lowest BCUT2D eigenvalue weighted by atomic mass is 10.2. The number of hydrogen-bond donors (Lipinski definition) is 1. The Morgan fingerprint density at radius 1 is 1.21 bits per heavy atom. The van der Waals surface area contributed by atoms with E-state index in [1.807, 2.05) is 6.07 Å². The zero-order chi connectivity index (χ0) is 20.0. The molecule has 0 spiro atoms. The lowest BCUT2D eigenvalue weighted by molar-refractivity contribution is 0.0932. The van der Waals surface area contributed by atoms with E-state index in [1.165, 1.54) is 9.21 Å². The topological polar surface area (TPSA) is 104 Å². The van der Waals surface area contributed by atoms with Gasteiger partial charge in [0.15, 0.2) is 0 Å². The first-order valence-electron chi connectivity index (χ1n) is 9.44. The summed E-state index contributed by atoms with van der Waals surface area (Å²) in [6, 6.07) is 3.67. The lowest BCUT2D eigenvalue weighted by Gasteiger charge is -2.33. The molecule has 0 aromatic carbocycles. The minimum atomic E-state index is -3.66. The Morgan fingerprint density at radius 3 is 2.61 bits per heavy atom. The van der Waals surface area contributed by atoms with Crippen LogP contribution >= 0.6 is 0 Å². The number of carbonyl (C=O) groups excluding carboxylic acids is 1. The van der Waals surface area contributed by atoms with Crippen LogP contribution in [0.3, 0.4) is 0 Å². The van der Waals surface area contributed by atoms with E-state index in [4.69, 9.17) is 9.47 Å². The van der Waals surface area contributed by atoms with Gasteiger partial charge in [0.05, 0.1) is 19.8 Å². The summed E-state index contributed by atoms with van der Waals surface area (Å²) in [6.07, 6.45) is 1.30. The second-order valence-electron chi connectivity index (χ2n) is 6.50. The molecule has 0 saturated carbocycles. The zero-order valence-electron chi connectivity index (χ0n) is 16.0. The van der Waals surface area contributed by atoms with Crippen LogP contribution in [0.2, 0.25) is 0 Å². The normalized spacial score (nSPS) is 18.9. The fourth-order valence-electron chi connectivity index (χ4n) is 3.21. The highest BCUT2D eigenvalue weighted by Crippen LogP contribution is 2.19. The van der Waals surface area contributed by atoms with Crippen molar-refractivity contribution in [1.29, 1.82) is 0 Å². The molecular formula is C17H27N5O5S. The molecule has 10 nitrogen and oxygen atoms in total. The van der Waals surface area contributed by atoms with Crippen molar-refractivity contribution in [3.8, 4) is 0 Å². The van der Waals surface area contributed by atoms with E-state index in [0.717, 1.165) is 24.5 Å². The summed E-state index contributed by atoms with van der Waals surface area (Å²) < 4.78 is 39.7. The molecule has 3 heterocycles. The third-order valence-corrected chi connectivity index (χ3v) is 6.28. The third kappa shape index (κ3) is 5.10. The minimum Gasteiger partial charge on any atom is -0.450 e. The van der Waals surface area contributed by atoms with E-state index >= 15 is 0 Å². The molecule has 2 aliphatic heterocycles. The number of piperazine rings is 1. The van der Waals surface area contributed by atoms with Gasteiger partial charge in [-0.1, -0.05) is 6.07 Å². The van der Waals surface area contributed by atoms with Gasteiger partial charge in [-0.05, 0) is 13.0 Å². The maximum atomic E-state index is 12.7. The quantitative estimate of drug-likeness (QED) is 0.701. The summed E-state index contributed by atoms with van der Waals surface area (Å²) in [6.45, 7) is 6.01. The largest absolute Gasteiger partial charge is 0.450 e. The van der Waals surface area contributed by atoms with Crippen LogP contribution in [0.5, 0.6) is 0 Å². The molecule has 1 N–H and O–H groups in total. The Kier molecular flexibility index (Phi) is 7.05. The van der Waals surface area contributed by atoms with Gasteiger partial charge in [-0.2, -0.15) is 17.4 Å². The molecule has 2 fully saturated rings. The Balaban J connectivity index is 1.58. The molecule has 28 heavy (non-hydrogen) atoms. The molecule has 0 aliphatic carbocycles. The number of pyridine rings is 1. The van der Waals surface area contributed by atoms with Gasteiger partial charge >= 0.3 is 6.09 Å². The SMILES string of the molecule is CCOC(=O)N1CCN(S(=O)(=O)NCc2cccnc2N2CCOCC2)CC1. The third-order valence-electron chi connectivity index (χ3n) is 4.73. The number of amides is 1. The molecule has 3 rings (SSSR count). The van der Waals surface area contributed by atoms with Crippen molar-refractivity contribution < 1.29 is 22.7 Å². The summed E-state index contributed by atoms with van der Waals surface area (Å²) in [4.78, 5) is 19.8. The van der Waals surface area contributed by atoms with Crippen molar-refractivity contribution in [1.82, 2.24) is 18.9 Å². The van der Waals surface area contributed by atoms with Crippen molar-refractivity contribution >= 4 is 22.1 Å². The number of hydrogen-bond acceptors (Lipinski definition) is 7. The second-order valence-corrected chi connectivity index (χ2v) is 8.25.